The maximum absolute atomic E-state index is 11.9. The molecule has 1 saturated carbocycles. The summed E-state index contributed by atoms with van der Waals surface area (Å²) in [7, 11) is 0. The van der Waals surface area contributed by atoms with Crippen molar-refractivity contribution in [3.63, 3.8) is 0 Å². The summed E-state index contributed by atoms with van der Waals surface area (Å²) >= 11 is 0. The number of aliphatic hydroxyl groups is 1. The van der Waals surface area contributed by atoms with Crippen LogP contribution in [-0.4, -0.2) is 28.1 Å². The van der Waals surface area contributed by atoms with Crippen LogP contribution in [0.2, 0.25) is 0 Å². The van der Waals surface area contributed by atoms with Crippen molar-refractivity contribution in [1.82, 2.24) is 0 Å². The Labute approximate surface area is 132 Å². The molecule has 4 heteroatoms. The Morgan fingerprint density at radius 2 is 2.18 bits per heavy atom. The monoisotopic (exact) mass is 306 g/mol. The summed E-state index contributed by atoms with van der Waals surface area (Å²) in [6.45, 7) is 1.92. The number of carbonyl (C=O) groups excluding carboxylic acids is 1. The summed E-state index contributed by atoms with van der Waals surface area (Å²) < 4.78 is 0. The van der Waals surface area contributed by atoms with E-state index in [-0.39, 0.29) is 24.0 Å². The first-order valence-corrected chi connectivity index (χ1v) is 8.11. The summed E-state index contributed by atoms with van der Waals surface area (Å²) in [5, 5.41) is 18.1. The molecule has 0 spiro atoms. The number of unbranched alkanes of at least 4 members (excludes halogenated alkanes) is 2. The van der Waals surface area contributed by atoms with Crippen LogP contribution in [0.4, 0.5) is 0 Å². The van der Waals surface area contributed by atoms with E-state index in [9.17, 15) is 14.7 Å². The smallest absolute Gasteiger partial charge is 0.303 e. The molecule has 122 valence electrons. The van der Waals surface area contributed by atoms with E-state index >= 15 is 0 Å². The van der Waals surface area contributed by atoms with Crippen LogP contribution < -0.4 is 0 Å². The normalized spacial score (nSPS) is 22.5. The number of hydrogen-bond donors (Lipinski definition) is 2. The van der Waals surface area contributed by atoms with Crippen molar-refractivity contribution in [1.29, 1.82) is 0 Å². The first kappa shape index (κ1) is 18.4. The molecule has 2 N–H and O–H groups in total. The fraction of sp³-hybridized carbons (Fsp3) is 0.667. The second-order valence-electron chi connectivity index (χ2n) is 5.79. The minimum atomic E-state index is -0.770. The lowest BCUT2D eigenvalue weighted by atomic mass is 9.91. The van der Waals surface area contributed by atoms with Crippen molar-refractivity contribution in [3.8, 4) is 11.8 Å². The van der Waals surface area contributed by atoms with Crippen molar-refractivity contribution >= 4 is 11.8 Å². The van der Waals surface area contributed by atoms with Crippen LogP contribution in [0.25, 0.3) is 0 Å². The third kappa shape index (κ3) is 6.91. The summed E-state index contributed by atoms with van der Waals surface area (Å²) in [5.74, 6) is 5.73. The minimum Gasteiger partial charge on any atom is -0.481 e. The van der Waals surface area contributed by atoms with E-state index in [1.54, 1.807) is 6.08 Å². The number of hydrogen-bond acceptors (Lipinski definition) is 3. The third-order valence-corrected chi connectivity index (χ3v) is 4.04. The molecule has 4 nitrogen and oxygen atoms in total. The van der Waals surface area contributed by atoms with Gasteiger partial charge in [-0.2, -0.15) is 0 Å². The highest BCUT2D eigenvalue weighted by Crippen LogP contribution is 2.32. The highest BCUT2D eigenvalue weighted by Gasteiger charge is 2.32. The molecule has 0 aliphatic heterocycles. The Balaban J connectivity index is 2.37. The van der Waals surface area contributed by atoms with Gasteiger partial charge >= 0.3 is 5.97 Å². The summed E-state index contributed by atoms with van der Waals surface area (Å²) in [5.41, 5.74) is 0. The Kier molecular flexibility index (Phi) is 8.54. The number of Topliss-reactive ketones (excluding diaryl/α,β-unsaturated/α-hetero) is 1. The molecule has 0 aromatic carbocycles. The number of aliphatic hydroxyl groups excluding tert-OH is 1. The van der Waals surface area contributed by atoms with Gasteiger partial charge in [0.05, 0.1) is 6.10 Å². The molecule has 1 rings (SSSR count). The Bertz CT molecular complexity index is 455. The number of ketones is 1. The number of carboxylic acid groups (broad SMARTS) is 1. The Morgan fingerprint density at radius 1 is 1.41 bits per heavy atom. The standard InChI is InChI=1S/C18H26O4/c1-2-15(19)12-10-14-11-13-17(20)16(14)8-6-4-3-5-7-9-18(21)22/h10,12,14-16,19H,2-3,5,7-9,11,13H2,1H3,(H,21,22). The fourth-order valence-electron chi connectivity index (χ4n) is 2.60. The Hall–Kier alpha value is -1.60. The number of allylic oxidation sites excluding steroid dienone is 1. The SMILES string of the molecule is CCC(O)C=CC1CCC(=O)C1CC#CCCCCC(=O)O. The van der Waals surface area contributed by atoms with Crippen LogP contribution in [-0.2, 0) is 9.59 Å². The van der Waals surface area contributed by atoms with Gasteiger partial charge in [-0.15, -0.1) is 11.8 Å². The summed E-state index contributed by atoms with van der Waals surface area (Å²) in [4.78, 5) is 22.3. The molecule has 22 heavy (non-hydrogen) atoms. The molecule has 0 aromatic heterocycles. The van der Waals surface area contributed by atoms with Gasteiger partial charge in [0.1, 0.15) is 5.78 Å². The lowest BCUT2D eigenvalue weighted by Crippen LogP contribution is -2.13. The third-order valence-electron chi connectivity index (χ3n) is 4.04. The topological polar surface area (TPSA) is 74.6 Å². The molecule has 3 unspecified atom stereocenters. The zero-order chi connectivity index (χ0) is 16.4. The Morgan fingerprint density at radius 3 is 2.86 bits per heavy atom. The van der Waals surface area contributed by atoms with E-state index in [1.165, 1.54) is 0 Å². The molecule has 0 amide bonds. The quantitative estimate of drug-likeness (QED) is 0.411. The van der Waals surface area contributed by atoms with Gasteiger partial charge in [0, 0.05) is 31.6 Å². The predicted molar refractivity (Wildman–Crippen MR) is 85.2 cm³/mol. The molecular weight excluding hydrogens is 280 g/mol. The van der Waals surface area contributed by atoms with Crippen molar-refractivity contribution < 1.29 is 19.8 Å². The zero-order valence-electron chi connectivity index (χ0n) is 13.3. The first-order valence-electron chi connectivity index (χ1n) is 8.11. The molecule has 0 bridgehead atoms. The molecule has 0 radical (unpaired) electrons. The average molecular weight is 306 g/mol. The predicted octanol–water partition coefficient (Wildman–Crippen LogP) is 2.95. The van der Waals surface area contributed by atoms with E-state index in [4.69, 9.17) is 5.11 Å². The molecule has 0 heterocycles. The second kappa shape index (κ2) is 10.2. The van der Waals surface area contributed by atoms with Gasteiger partial charge < -0.3 is 10.2 Å². The maximum Gasteiger partial charge on any atom is 0.303 e. The van der Waals surface area contributed by atoms with Crippen molar-refractivity contribution in [2.45, 2.75) is 64.4 Å². The van der Waals surface area contributed by atoms with Gasteiger partial charge in [0.15, 0.2) is 0 Å². The van der Waals surface area contributed by atoms with E-state index < -0.39 is 12.1 Å². The van der Waals surface area contributed by atoms with E-state index in [0.29, 0.717) is 32.1 Å². The lowest BCUT2D eigenvalue weighted by molar-refractivity contribution is -0.137. The molecule has 0 aromatic rings. The number of carbonyl (C=O) groups is 2. The molecule has 1 aliphatic carbocycles. The second-order valence-corrected chi connectivity index (χ2v) is 5.79. The minimum absolute atomic E-state index is 0.0492. The highest BCUT2D eigenvalue weighted by atomic mass is 16.4. The van der Waals surface area contributed by atoms with Crippen LogP contribution in [0, 0.1) is 23.7 Å². The van der Waals surface area contributed by atoms with E-state index in [0.717, 1.165) is 12.8 Å². The van der Waals surface area contributed by atoms with Gasteiger partial charge in [-0.05, 0) is 31.6 Å². The van der Waals surface area contributed by atoms with Crippen LogP contribution in [0.5, 0.6) is 0 Å². The highest BCUT2D eigenvalue weighted by molar-refractivity contribution is 5.84. The van der Waals surface area contributed by atoms with Crippen LogP contribution in [0.15, 0.2) is 12.2 Å². The molecule has 0 saturated heterocycles. The van der Waals surface area contributed by atoms with Crippen LogP contribution in [0.3, 0.4) is 0 Å². The summed E-state index contributed by atoms with van der Waals surface area (Å²) in [6, 6.07) is 0. The van der Waals surface area contributed by atoms with Crippen molar-refractivity contribution in [3.05, 3.63) is 12.2 Å². The average Bonchev–Trinajstić information content (AvgIpc) is 2.84. The first-order chi connectivity index (χ1) is 10.5. The number of rotatable bonds is 8. The molecule has 3 atom stereocenters. The maximum atomic E-state index is 11.9. The zero-order valence-corrected chi connectivity index (χ0v) is 13.3. The van der Waals surface area contributed by atoms with Crippen LogP contribution in [0.1, 0.15) is 58.3 Å². The number of carboxylic acids is 1. The van der Waals surface area contributed by atoms with Gasteiger partial charge in [-0.25, -0.2) is 0 Å². The number of aliphatic carboxylic acids is 1. The van der Waals surface area contributed by atoms with E-state index in [2.05, 4.69) is 11.8 Å². The van der Waals surface area contributed by atoms with Gasteiger partial charge in [-0.3, -0.25) is 9.59 Å². The van der Waals surface area contributed by atoms with Gasteiger partial charge in [-0.1, -0.05) is 19.1 Å². The lowest BCUT2D eigenvalue weighted by Gasteiger charge is -2.12. The van der Waals surface area contributed by atoms with Crippen molar-refractivity contribution in [2.75, 3.05) is 0 Å². The largest absolute Gasteiger partial charge is 0.481 e. The van der Waals surface area contributed by atoms with E-state index in [1.807, 2.05) is 13.0 Å². The fourth-order valence-corrected chi connectivity index (χ4v) is 2.60. The van der Waals surface area contributed by atoms with Crippen molar-refractivity contribution in [2.24, 2.45) is 11.8 Å². The van der Waals surface area contributed by atoms with Gasteiger partial charge in [0.25, 0.3) is 0 Å². The molecular formula is C18H26O4. The molecule has 1 aliphatic rings. The summed E-state index contributed by atoms with van der Waals surface area (Å²) in [6.07, 6.45) is 8.31. The van der Waals surface area contributed by atoms with Crippen LogP contribution >= 0.6 is 0 Å². The van der Waals surface area contributed by atoms with Gasteiger partial charge in [0.2, 0.25) is 0 Å². The molecule has 1 fully saturated rings.